The van der Waals surface area contributed by atoms with Crippen LogP contribution >= 0.6 is 0 Å². The molecule has 4 rings (SSSR count). The summed E-state index contributed by atoms with van der Waals surface area (Å²) in [6.45, 7) is 0.128. The van der Waals surface area contributed by atoms with E-state index in [4.69, 9.17) is 4.74 Å². The first-order valence-electron chi connectivity index (χ1n) is 9.16. The molecule has 1 N–H and O–H groups in total. The molecular weight excluding hydrogens is 406 g/mol. The van der Waals surface area contributed by atoms with E-state index in [0.29, 0.717) is 30.6 Å². The van der Waals surface area contributed by atoms with E-state index in [2.05, 4.69) is 4.98 Å². The van der Waals surface area contributed by atoms with Gasteiger partial charge in [0.25, 0.3) is 0 Å². The van der Waals surface area contributed by atoms with Gasteiger partial charge in [0.05, 0.1) is 12.1 Å². The lowest BCUT2D eigenvalue weighted by atomic mass is 9.87. The summed E-state index contributed by atoms with van der Waals surface area (Å²) in [5, 5.41) is 9.62. The molecule has 2 heterocycles. The fraction of sp³-hybridized carbons (Fsp3) is 0.300. The highest BCUT2D eigenvalue weighted by atomic mass is 19.4. The molecule has 0 atom stereocenters. The van der Waals surface area contributed by atoms with Gasteiger partial charge >= 0.3 is 12.3 Å². The molecule has 10 heteroatoms. The Bertz CT molecular complexity index is 1080. The zero-order valence-electron chi connectivity index (χ0n) is 15.5. The van der Waals surface area contributed by atoms with E-state index < -0.39 is 29.8 Å². The maximum atomic E-state index is 13.4. The first kappa shape index (κ1) is 20.0. The van der Waals surface area contributed by atoms with Gasteiger partial charge < -0.3 is 19.1 Å². The van der Waals surface area contributed by atoms with E-state index in [-0.39, 0.29) is 18.3 Å². The van der Waals surface area contributed by atoms with Crippen LogP contribution in [-0.2, 0) is 12.7 Å². The van der Waals surface area contributed by atoms with Crippen LogP contribution in [0.3, 0.4) is 0 Å². The van der Waals surface area contributed by atoms with Gasteiger partial charge in [-0.1, -0.05) is 6.07 Å². The van der Waals surface area contributed by atoms with Crippen molar-refractivity contribution < 1.29 is 32.2 Å². The van der Waals surface area contributed by atoms with Gasteiger partial charge in [-0.15, -0.1) is 0 Å². The molecule has 158 valence electrons. The van der Waals surface area contributed by atoms with E-state index in [1.807, 2.05) is 6.20 Å². The fourth-order valence-electron chi connectivity index (χ4n) is 3.54. The summed E-state index contributed by atoms with van der Waals surface area (Å²) in [5.41, 5.74) is 0.000293. The molecule has 1 saturated carbocycles. The number of aromatic nitrogens is 2. The Kier molecular flexibility index (Phi) is 5.00. The lowest BCUT2D eigenvalue weighted by Gasteiger charge is -2.41. The lowest BCUT2D eigenvalue weighted by molar-refractivity contribution is -0.140. The van der Waals surface area contributed by atoms with E-state index in [1.165, 1.54) is 4.90 Å². The largest absolute Gasteiger partial charge is 0.490 e. The zero-order chi connectivity index (χ0) is 21.5. The molecule has 1 fully saturated rings. The zero-order valence-corrected chi connectivity index (χ0v) is 15.5. The van der Waals surface area contributed by atoms with E-state index in [1.54, 1.807) is 28.9 Å². The van der Waals surface area contributed by atoms with Crippen LogP contribution in [0.4, 0.5) is 22.4 Å². The monoisotopic (exact) mass is 423 g/mol. The number of hydrogen-bond acceptors (Lipinski definition) is 3. The maximum absolute atomic E-state index is 13.4. The molecule has 0 bridgehead atoms. The highest BCUT2D eigenvalue weighted by Crippen LogP contribution is 2.36. The van der Waals surface area contributed by atoms with E-state index >= 15 is 0 Å². The van der Waals surface area contributed by atoms with Crippen molar-refractivity contribution in [1.82, 2.24) is 14.3 Å². The Morgan fingerprint density at radius 2 is 2.03 bits per heavy atom. The van der Waals surface area contributed by atoms with E-state index in [0.717, 1.165) is 11.6 Å². The lowest BCUT2D eigenvalue weighted by Crippen LogP contribution is -2.50. The summed E-state index contributed by atoms with van der Waals surface area (Å²) >= 11 is 0. The van der Waals surface area contributed by atoms with Crippen LogP contribution in [0.15, 0.2) is 48.9 Å². The number of nitrogens with zero attached hydrogens (tertiary/aromatic N) is 3. The molecule has 1 amide bonds. The van der Waals surface area contributed by atoms with Crippen LogP contribution < -0.4 is 4.74 Å². The maximum Gasteiger partial charge on any atom is 0.419 e. The highest BCUT2D eigenvalue weighted by Gasteiger charge is 2.39. The van der Waals surface area contributed by atoms with Gasteiger partial charge in [-0.05, 0) is 24.3 Å². The van der Waals surface area contributed by atoms with Gasteiger partial charge in [0.15, 0.2) is 0 Å². The number of carboxylic acid groups (broad SMARTS) is 1. The fourth-order valence-corrected chi connectivity index (χ4v) is 3.54. The highest BCUT2D eigenvalue weighted by molar-refractivity contribution is 5.66. The Morgan fingerprint density at radius 1 is 1.27 bits per heavy atom. The molecule has 0 saturated heterocycles. The predicted molar refractivity (Wildman–Crippen MR) is 97.6 cm³/mol. The first-order valence-corrected chi connectivity index (χ1v) is 9.16. The summed E-state index contributed by atoms with van der Waals surface area (Å²) < 4.78 is 59.2. The summed E-state index contributed by atoms with van der Waals surface area (Å²) in [5.74, 6) is -1.47. The summed E-state index contributed by atoms with van der Waals surface area (Å²) in [6, 6.07) is 5.71. The third kappa shape index (κ3) is 3.89. The molecular formula is C20H17F4N3O3. The van der Waals surface area contributed by atoms with Crippen molar-refractivity contribution in [3.05, 3.63) is 65.9 Å². The number of halogens is 4. The van der Waals surface area contributed by atoms with Crippen LogP contribution in [0.5, 0.6) is 5.75 Å². The number of ether oxygens (including phenoxy) is 1. The third-order valence-corrected chi connectivity index (χ3v) is 5.14. The third-order valence-electron chi connectivity index (χ3n) is 5.14. The second-order valence-electron chi connectivity index (χ2n) is 7.11. The van der Waals surface area contributed by atoms with Gasteiger partial charge in [-0.3, -0.25) is 0 Å². The minimum atomic E-state index is -4.82. The van der Waals surface area contributed by atoms with Crippen molar-refractivity contribution in [3.8, 4) is 5.75 Å². The molecule has 6 nitrogen and oxygen atoms in total. The molecule has 1 aliphatic rings. The molecule has 1 aliphatic carbocycles. The SMILES string of the molecule is O=C(O)N(Cc1cccn2ccnc12)[C@H]1C[C@@H](Oc2ccc(F)c(C(F)(F)F)c2)C1. The average molecular weight is 423 g/mol. The van der Waals surface area contributed by atoms with Crippen LogP contribution in [0.2, 0.25) is 0 Å². The number of benzene rings is 1. The smallest absolute Gasteiger partial charge is 0.419 e. The number of hydrogen-bond donors (Lipinski definition) is 1. The molecule has 0 radical (unpaired) electrons. The van der Waals surface area contributed by atoms with Crippen molar-refractivity contribution in [1.29, 1.82) is 0 Å². The second-order valence-corrected chi connectivity index (χ2v) is 7.11. The number of amides is 1. The predicted octanol–water partition coefficient (Wildman–Crippen LogP) is 4.58. The van der Waals surface area contributed by atoms with Crippen LogP contribution in [-0.4, -0.2) is 37.6 Å². The molecule has 0 unspecified atom stereocenters. The quantitative estimate of drug-likeness (QED) is 0.610. The summed E-state index contributed by atoms with van der Waals surface area (Å²) in [4.78, 5) is 17.3. The number of pyridine rings is 1. The van der Waals surface area contributed by atoms with Gasteiger partial charge in [-0.25, -0.2) is 14.2 Å². The first-order chi connectivity index (χ1) is 14.2. The van der Waals surface area contributed by atoms with Crippen LogP contribution in [0.25, 0.3) is 5.65 Å². The van der Waals surface area contributed by atoms with Crippen molar-refractivity contribution in [2.75, 3.05) is 0 Å². The standard InChI is InChI=1S/C20H17F4N3O3/c21-17-4-3-14(10-16(17)20(22,23)24)30-15-8-13(9-15)27(19(28)29)11-12-2-1-6-26-7-5-25-18(12)26/h1-7,10,13,15H,8-9,11H2,(H,28,29)/t13-,15+. The van der Waals surface area contributed by atoms with Crippen molar-refractivity contribution in [2.45, 2.75) is 37.7 Å². The number of rotatable bonds is 5. The van der Waals surface area contributed by atoms with Crippen LogP contribution in [0.1, 0.15) is 24.0 Å². The molecule has 0 spiro atoms. The van der Waals surface area contributed by atoms with E-state index in [9.17, 15) is 27.5 Å². The number of imidazole rings is 1. The Hall–Kier alpha value is -3.30. The van der Waals surface area contributed by atoms with Gasteiger partial charge in [0, 0.05) is 43.0 Å². The van der Waals surface area contributed by atoms with Crippen LogP contribution in [0, 0.1) is 5.82 Å². The van der Waals surface area contributed by atoms with Gasteiger partial charge in [0.2, 0.25) is 0 Å². The number of alkyl halides is 3. The van der Waals surface area contributed by atoms with Crippen molar-refractivity contribution in [2.24, 2.45) is 0 Å². The van der Waals surface area contributed by atoms with Crippen molar-refractivity contribution >= 4 is 11.7 Å². The Balaban J connectivity index is 1.42. The number of fused-ring (bicyclic) bond motifs is 1. The molecule has 3 aromatic rings. The second kappa shape index (κ2) is 7.51. The van der Waals surface area contributed by atoms with Gasteiger partial charge in [-0.2, -0.15) is 13.2 Å². The summed E-state index contributed by atoms with van der Waals surface area (Å²) in [7, 11) is 0. The molecule has 0 aliphatic heterocycles. The molecule has 1 aromatic carbocycles. The van der Waals surface area contributed by atoms with Gasteiger partial charge in [0.1, 0.15) is 23.3 Å². The Morgan fingerprint density at radius 3 is 2.73 bits per heavy atom. The average Bonchev–Trinajstić information content (AvgIpc) is 3.12. The number of carbonyl (C=O) groups is 1. The topological polar surface area (TPSA) is 67.1 Å². The Labute approximate surface area is 168 Å². The minimum Gasteiger partial charge on any atom is -0.490 e. The normalized spacial score (nSPS) is 18.8. The minimum absolute atomic E-state index is 0.101. The van der Waals surface area contributed by atoms with Crippen molar-refractivity contribution in [3.63, 3.8) is 0 Å². The summed E-state index contributed by atoms with van der Waals surface area (Å²) in [6.07, 6.45) is -0.546. The molecule has 2 aromatic heterocycles. The molecule has 30 heavy (non-hydrogen) atoms.